The maximum Gasteiger partial charge on any atom is 0.141 e. The fourth-order valence-electron chi connectivity index (χ4n) is 2.47. The Balaban J connectivity index is 0.000000309. The number of rotatable bonds is 0. The van der Waals surface area contributed by atoms with E-state index in [1.165, 1.54) is 16.3 Å². The predicted molar refractivity (Wildman–Crippen MR) is 97.4 cm³/mol. The Labute approximate surface area is 134 Å². The maximum absolute atomic E-state index is 4.55. The van der Waals surface area contributed by atoms with Crippen LogP contribution in [0.3, 0.4) is 0 Å². The first-order valence-corrected chi connectivity index (χ1v) is 7.94. The molecule has 3 aromatic rings. The highest BCUT2D eigenvalue weighted by atomic mass is 15.1. The zero-order valence-corrected chi connectivity index (χ0v) is 14.9. The number of nitrogens with zero attached hydrogens (tertiary/aromatic N) is 2. The second-order valence-corrected chi connectivity index (χ2v) is 8.40. The normalized spacial score (nSPS) is 12.3. The predicted octanol–water partition coefficient (Wildman–Crippen LogP) is 6.00. The van der Waals surface area contributed by atoms with Gasteiger partial charge in [0, 0.05) is 22.5 Å². The fourth-order valence-corrected chi connectivity index (χ4v) is 2.47. The third-order valence-corrected chi connectivity index (χ3v) is 3.10. The van der Waals surface area contributed by atoms with Gasteiger partial charge in [-0.15, -0.1) is 0 Å². The lowest BCUT2D eigenvalue weighted by atomic mass is 10.0. The summed E-state index contributed by atoms with van der Waals surface area (Å²) in [6.07, 6.45) is 1.86. The summed E-state index contributed by atoms with van der Waals surface area (Å²) in [5.41, 5.74) is 2.87. The Morgan fingerprint density at radius 2 is 1.32 bits per heavy atom. The lowest BCUT2D eigenvalue weighted by Crippen LogP contribution is -2.21. The van der Waals surface area contributed by atoms with Crippen LogP contribution in [-0.2, 0) is 5.54 Å². The summed E-state index contributed by atoms with van der Waals surface area (Å²) in [6.45, 7) is 15.4. The van der Waals surface area contributed by atoms with Crippen LogP contribution in [-0.4, -0.2) is 9.55 Å². The van der Waals surface area contributed by atoms with Gasteiger partial charge in [0.15, 0.2) is 0 Å². The highest BCUT2D eigenvalue weighted by Crippen LogP contribution is 2.32. The largest absolute Gasteiger partial charge is 0.320 e. The molecule has 0 saturated heterocycles. The van der Waals surface area contributed by atoms with Crippen LogP contribution in [0.25, 0.3) is 21.9 Å². The fraction of sp³-hybridized carbons (Fsp3) is 0.450. The minimum Gasteiger partial charge on any atom is -0.320 e. The summed E-state index contributed by atoms with van der Waals surface area (Å²) in [5.74, 6) is 0. The number of aromatic nitrogens is 2. The van der Waals surface area contributed by atoms with Crippen molar-refractivity contribution in [2.24, 2.45) is 5.41 Å². The minimum absolute atomic E-state index is 0.0374. The van der Waals surface area contributed by atoms with Crippen LogP contribution in [0.2, 0.25) is 0 Å². The summed E-state index contributed by atoms with van der Waals surface area (Å²) < 4.78 is 2.32. The van der Waals surface area contributed by atoms with Crippen molar-refractivity contribution in [3.8, 4) is 0 Å². The molecule has 2 heterocycles. The molecule has 0 aliphatic carbocycles. The molecule has 118 valence electrons. The molecule has 0 aliphatic rings. The van der Waals surface area contributed by atoms with Crippen LogP contribution in [0.5, 0.6) is 0 Å². The molecule has 0 fully saturated rings. The molecule has 3 rings (SSSR count). The lowest BCUT2D eigenvalue weighted by Gasteiger charge is -2.23. The third-order valence-electron chi connectivity index (χ3n) is 3.10. The number of hydrogen-bond donors (Lipinski definition) is 0. The van der Waals surface area contributed by atoms with Gasteiger partial charge in [0.2, 0.25) is 0 Å². The van der Waals surface area contributed by atoms with Crippen molar-refractivity contribution in [3.63, 3.8) is 0 Å². The van der Waals surface area contributed by atoms with Gasteiger partial charge in [-0.25, -0.2) is 4.98 Å². The molecule has 0 amide bonds. The van der Waals surface area contributed by atoms with Crippen molar-refractivity contribution in [2.75, 3.05) is 0 Å². The number of hydrogen-bond acceptors (Lipinski definition) is 1. The van der Waals surface area contributed by atoms with Crippen molar-refractivity contribution in [1.82, 2.24) is 9.55 Å². The second-order valence-electron chi connectivity index (χ2n) is 8.40. The summed E-state index contributed by atoms with van der Waals surface area (Å²) in [4.78, 5) is 4.55. The van der Waals surface area contributed by atoms with E-state index >= 15 is 0 Å². The van der Waals surface area contributed by atoms with E-state index in [0.29, 0.717) is 5.41 Å². The molecule has 0 N–H and O–H groups in total. The Morgan fingerprint density at radius 3 is 1.91 bits per heavy atom. The summed E-state index contributed by atoms with van der Waals surface area (Å²) >= 11 is 0. The van der Waals surface area contributed by atoms with Crippen molar-refractivity contribution in [1.29, 1.82) is 0 Å². The van der Waals surface area contributed by atoms with Crippen molar-refractivity contribution in [3.05, 3.63) is 42.6 Å². The Morgan fingerprint density at radius 1 is 0.773 bits per heavy atom. The highest BCUT2D eigenvalue weighted by molar-refractivity contribution is 6.06. The number of fused-ring (bicyclic) bond motifs is 3. The first kappa shape index (κ1) is 16.5. The van der Waals surface area contributed by atoms with Crippen LogP contribution in [0, 0.1) is 5.41 Å². The van der Waals surface area contributed by atoms with Crippen molar-refractivity contribution in [2.45, 2.75) is 54.0 Å². The molecule has 2 aromatic heterocycles. The number of pyridine rings is 1. The molecule has 0 bridgehead atoms. The van der Waals surface area contributed by atoms with Gasteiger partial charge < -0.3 is 4.57 Å². The van der Waals surface area contributed by atoms with Gasteiger partial charge in [0.25, 0.3) is 0 Å². The van der Waals surface area contributed by atoms with Gasteiger partial charge in [-0.1, -0.05) is 45.9 Å². The average Bonchev–Trinajstić information content (AvgIpc) is 2.71. The molecule has 0 unspecified atom stereocenters. The zero-order chi connectivity index (χ0) is 16.5. The summed E-state index contributed by atoms with van der Waals surface area (Å²) in [7, 11) is 0. The quantitative estimate of drug-likeness (QED) is 0.497. The maximum atomic E-state index is 4.55. The molecule has 0 radical (unpaired) electrons. The van der Waals surface area contributed by atoms with Gasteiger partial charge >= 0.3 is 0 Å². The van der Waals surface area contributed by atoms with E-state index in [-0.39, 0.29) is 5.54 Å². The molecule has 1 aromatic carbocycles. The van der Waals surface area contributed by atoms with Crippen LogP contribution < -0.4 is 0 Å². The third kappa shape index (κ3) is 3.68. The van der Waals surface area contributed by atoms with Gasteiger partial charge in [0.05, 0.1) is 5.52 Å². The first-order chi connectivity index (χ1) is 10.1. The Hall–Kier alpha value is -1.83. The molecular formula is C20H28N2. The van der Waals surface area contributed by atoms with Gasteiger partial charge in [-0.2, -0.15) is 0 Å². The van der Waals surface area contributed by atoms with Gasteiger partial charge in [-0.3, -0.25) is 0 Å². The molecule has 0 aliphatic heterocycles. The number of para-hydroxylation sites is 1. The topological polar surface area (TPSA) is 17.8 Å². The van der Waals surface area contributed by atoms with Crippen LogP contribution >= 0.6 is 0 Å². The summed E-state index contributed by atoms with van der Waals surface area (Å²) in [6, 6.07) is 12.7. The SMILES string of the molecule is CC(C)(C)C.CC(C)(C)n1c2ccccc2c2cccnc21. The molecule has 2 nitrogen and oxygen atoms in total. The zero-order valence-electron chi connectivity index (χ0n) is 14.9. The van der Waals surface area contributed by atoms with Gasteiger partial charge in [0.1, 0.15) is 5.65 Å². The lowest BCUT2D eigenvalue weighted by molar-refractivity contribution is 0.421. The highest BCUT2D eigenvalue weighted by Gasteiger charge is 2.20. The molecule has 0 saturated carbocycles. The van der Waals surface area contributed by atoms with Crippen molar-refractivity contribution >= 4 is 21.9 Å². The molecule has 0 atom stereocenters. The minimum atomic E-state index is 0.0374. The van der Waals surface area contributed by atoms with Crippen LogP contribution in [0.4, 0.5) is 0 Å². The number of benzene rings is 1. The van der Waals surface area contributed by atoms with Crippen LogP contribution in [0.15, 0.2) is 42.6 Å². The molecule has 2 heteroatoms. The van der Waals surface area contributed by atoms with E-state index in [4.69, 9.17) is 0 Å². The molecular weight excluding hydrogens is 268 g/mol. The van der Waals surface area contributed by atoms with E-state index < -0.39 is 0 Å². The van der Waals surface area contributed by atoms with Crippen LogP contribution in [0.1, 0.15) is 48.5 Å². The molecule has 22 heavy (non-hydrogen) atoms. The summed E-state index contributed by atoms with van der Waals surface area (Å²) in [5, 5.41) is 2.52. The molecule has 0 spiro atoms. The monoisotopic (exact) mass is 296 g/mol. The van der Waals surface area contributed by atoms with E-state index in [2.05, 4.69) is 88.3 Å². The van der Waals surface area contributed by atoms with E-state index in [1.807, 2.05) is 12.3 Å². The van der Waals surface area contributed by atoms with E-state index in [1.54, 1.807) is 0 Å². The smallest absolute Gasteiger partial charge is 0.141 e. The standard InChI is InChI=1S/C15H16N2.C5H12/c1-15(2,3)17-13-9-5-4-7-11(13)12-8-6-10-16-14(12)17;1-5(2,3)4/h4-10H,1-3H3;1-4H3. The second kappa shape index (κ2) is 5.75. The van der Waals surface area contributed by atoms with Crippen molar-refractivity contribution < 1.29 is 0 Å². The Bertz CT molecular complexity index is 708. The van der Waals surface area contributed by atoms with Gasteiger partial charge in [-0.05, 0) is 44.4 Å². The average molecular weight is 296 g/mol. The first-order valence-electron chi connectivity index (χ1n) is 7.94. The van der Waals surface area contributed by atoms with E-state index in [0.717, 1.165) is 5.65 Å². The van der Waals surface area contributed by atoms with E-state index in [9.17, 15) is 0 Å². The Kier molecular flexibility index (Phi) is 4.32.